The number of carbonyl (C=O) groups is 2. The van der Waals surface area contributed by atoms with Crippen LogP contribution >= 0.6 is 0 Å². The maximum Gasteiger partial charge on any atom is 0.257 e. The second-order valence-electron chi connectivity index (χ2n) is 6.25. The molecule has 2 aliphatic heterocycles. The lowest BCUT2D eigenvalue weighted by atomic mass is 10.1. The van der Waals surface area contributed by atoms with Crippen LogP contribution in [0.4, 0.5) is 0 Å². The largest absolute Gasteiger partial charge is 0.497 e. The van der Waals surface area contributed by atoms with E-state index in [0.29, 0.717) is 56.4 Å². The summed E-state index contributed by atoms with van der Waals surface area (Å²) in [5, 5.41) is 3.16. The van der Waals surface area contributed by atoms with E-state index >= 15 is 0 Å². The quantitative estimate of drug-likeness (QED) is 0.810. The number of nitrogens with zero attached hydrogens (tertiary/aromatic N) is 2. The molecule has 1 aromatic carbocycles. The predicted octanol–water partition coefficient (Wildman–Crippen LogP) is -0.0234. The van der Waals surface area contributed by atoms with E-state index in [-0.39, 0.29) is 11.8 Å². The SMILES string of the molecule is COc1ccc(C(=O)N2CCN(C(=O)C3CNCCO3)CC2)c(OC)c1. The van der Waals surface area contributed by atoms with Crippen LogP contribution in [-0.4, -0.2) is 87.8 Å². The minimum absolute atomic E-state index is 0.00803. The van der Waals surface area contributed by atoms with Crippen LogP contribution in [0.1, 0.15) is 10.4 Å². The molecule has 0 radical (unpaired) electrons. The number of piperazine rings is 1. The summed E-state index contributed by atoms with van der Waals surface area (Å²) in [7, 11) is 3.10. The van der Waals surface area contributed by atoms with E-state index in [2.05, 4.69) is 5.32 Å². The molecule has 0 bridgehead atoms. The Morgan fingerprint density at radius 2 is 1.85 bits per heavy atom. The highest BCUT2D eigenvalue weighted by Gasteiger charge is 2.31. The van der Waals surface area contributed by atoms with Crippen molar-refractivity contribution in [3.8, 4) is 11.5 Å². The van der Waals surface area contributed by atoms with Crippen molar-refractivity contribution in [3.63, 3.8) is 0 Å². The first-order valence-electron chi connectivity index (χ1n) is 8.76. The minimum atomic E-state index is -0.423. The van der Waals surface area contributed by atoms with Crippen LogP contribution < -0.4 is 14.8 Å². The minimum Gasteiger partial charge on any atom is -0.497 e. The van der Waals surface area contributed by atoms with Crippen molar-refractivity contribution < 1.29 is 23.8 Å². The van der Waals surface area contributed by atoms with Crippen LogP contribution in [-0.2, 0) is 9.53 Å². The van der Waals surface area contributed by atoms with Gasteiger partial charge in [0.25, 0.3) is 11.8 Å². The second-order valence-corrected chi connectivity index (χ2v) is 6.25. The molecule has 1 aromatic rings. The fourth-order valence-corrected chi connectivity index (χ4v) is 3.20. The van der Waals surface area contributed by atoms with E-state index < -0.39 is 6.10 Å². The number of nitrogens with one attached hydrogen (secondary N) is 1. The Bertz CT molecular complexity index is 652. The van der Waals surface area contributed by atoms with Gasteiger partial charge in [0.15, 0.2) is 0 Å². The molecule has 0 aromatic heterocycles. The molecule has 2 heterocycles. The average molecular weight is 363 g/mol. The maximum absolute atomic E-state index is 12.8. The number of rotatable bonds is 4. The number of carbonyl (C=O) groups excluding carboxylic acids is 2. The normalized spacial score (nSPS) is 20.6. The van der Waals surface area contributed by atoms with Gasteiger partial charge in [0.05, 0.1) is 26.4 Å². The zero-order valence-corrected chi connectivity index (χ0v) is 15.2. The highest BCUT2D eigenvalue weighted by Crippen LogP contribution is 2.26. The summed E-state index contributed by atoms with van der Waals surface area (Å²) in [6, 6.07) is 5.14. The van der Waals surface area contributed by atoms with Gasteiger partial charge in [-0.05, 0) is 12.1 Å². The third-order valence-electron chi connectivity index (χ3n) is 4.72. The van der Waals surface area contributed by atoms with Crippen molar-refractivity contribution in [2.75, 3.05) is 60.1 Å². The monoisotopic (exact) mass is 363 g/mol. The van der Waals surface area contributed by atoms with Gasteiger partial charge in [-0.1, -0.05) is 0 Å². The van der Waals surface area contributed by atoms with E-state index in [9.17, 15) is 9.59 Å². The van der Waals surface area contributed by atoms with E-state index in [1.54, 1.807) is 35.1 Å². The van der Waals surface area contributed by atoms with Gasteiger partial charge in [0.1, 0.15) is 17.6 Å². The van der Waals surface area contributed by atoms with E-state index in [0.717, 1.165) is 6.54 Å². The third-order valence-corrected chi connectivity index (χ3v) is 4.72. The van der Waals surface area contributed by atoms with Gasteiger partial charge in [-0.2, -0.15) is 0 Å². The number of hydrogen-bond acceptors (Lipinski definition) is 6. The molecule has 2 aliphatic rings. The first kappa shape index (κ1) is 18.5. The average Bonchev–Trinajstić information content (AvgIpc) is 2.73. The van der Waals surface area contributed by atoms with Crippen LogP contribution in [0.15, 0.2) is 18.2 Å². The van der Waals surface area contributed by atoms with E-state index in [1.807, 2.05) is 0 Å². The van der Waals surface area contributed by atoms with Crippen molar-refractivity contribution in [3.05, 3.63) is 23.8 Å². The molecule has 0 saturated carbocycles. The molecule has 142 valence electrons. The lowest BCUT2D eigenvalue weighted by molar-refractivity contribution is -0.146. The van der Waals surface area contributed by atoms with Crippen molar-refractivity contribution in [2.24, 2.45) is 0 Å². The van der Waals surface area contributed by atoms with Gasteiger partial charge in [0.2, 0.25) is 0 Å². The molecule has 0 spiro atoms. The molecule has 3 rings (SSSR count). The summed E-state index contributed by atoms with van der Waals surface area (Å²) in [4.78, 5) is 28.8. The fraction of sp³-hybridized carbons (Fsp3) is 0.556. The standard InChI is InChI=1S/C18H25N3O5/c1-24-13-3-4-14(15(11-13)25-2)17(22)20-6-8-21(9-7-20)18(23)16-12-19-5-10-26-16/h3-4,11,16,19H,5-10,12H2,1-2H3. The Balaban J connectivity index is 1.61. The van der Waals surface area contributed by atoms with Crippen LogP contribution in [0.25, 0.3) is 0 Å². The van der Waals surface area contributed by atoms with Gasteiger partial charge >= 0.3 is 0 Å². The number of ether oxygens (including phenoxy) is 3. The zero-order valence-electron chi connectivity index (χ0n) is 15.2. The maximum atomic E-state index is 12.8. The fourth-order valence-electron chi connectivity index (χ4n) is 3.20. The van der Waals surface area contributed by atoms with E-state index in [1.165, 1.54) is 7.11 Å². The molecule has 2 saturated heterocycles. The Hall–Kier alpha value is -2.32. The van der Waals surface area contributed by atoms with E-state index in [4.69, 9.17) is 14.2 Å². The number of hydrogen-bond donors (Lipinski definition) is 1. The molecular weight excluding hydrogens is 338 g/mol. The molecule has 8 nitrogen and oxygen atoms in total. The van der Waals surface area contributed by atoms with Gasteiger partial charge in [-0.3, -0.25) is 9.59 Å². The molecule has 0 aliphatic carbocycles. The highest BCUT2D eigenvalue weighted by molar-refractivity contribution is 5.97. The lowest BCUT2D eigenvalue weighted by Gasteiger charge is -2.37. The molecule has 2 amide bonds. The highest BCUT2D eigenvalue weighted by atomic mass is 16.5. The number of amides is 2. The molecule has 1 N–H and O–H groups in total. The molecule has 1 unspecified atom stereocenters. The third kappa shape index (κ3) is 3.91. The molecule has 2 fully saturated rings. The Labute approximate surface area is 153 Å². The zero-order chi connectivity index (χ0) is 18.5. The second kappa shape index (κ2) is 8.37. The number of methoxy groups -OCH3 is 2. The molecule has 26 heavy (non-hydrogen) atoms. The number of benzene rings is 1. The van der Waals surface area contributed by atoms with Crippen molar-refractivity contribution >= 4 is 11.8 Å². The number of morpholine rings is 1. The van der Waals surface area contributed by atoms with Gasteiger partial charge in [-0.25, -0.2) is 0 Å². The lowest BCUT2D eigenvalue weighted by Crippen LogP contribution is -2.56. The Kier molecular flexibility index (Phi) is 5.95. The topological polar surface area (TPSA) is 80.3 Å². The first-order valence-corrected chi connectivity index (χ1v) is 8.76. The molecule has 1 atom stereocenters. The Morgan fingerprint density at radius 3 is 2.46 bits per heavy atom. The van der Waals surface area contributed by atoms with Crippen LogP contribution in [0.3, 0.4) is 0 Å². The summed E-state index contributed by atoms with van der Waals surface area (Å²) < 4.78 is 16.0. The van der Waals surface area contributed by atoms with Crippen LogP contribution in [0, 0.1) is 0 Å². The summed E-state index contributed by atoms with van der Waals surface area (Å²) in [6.45, 7) is 3.84. The van der Waals surface area contributed by atoms with Gasteiger partial charge in [0, 0.05) is 45.3 Å². The summed E-state index contributed by atoms with van der Waals surface area (Å²) >= 11 is 0. The summed E-state index contributed by atoms with van der Waals surface area (Å²) in [5.74, 6) is 1.00. The van der Waals surface area contributed by atoms with Crippen molar-refractivity contribution in [1.82, 2.24) is 15.1 Å². The summed E-state index contributed by atoms with van der Waals surface area (Å²) in [6.07, 6.45) is -0.423. The molecule has 8 heteroatoms. The predicted molar refractivity (Wildman–Crippen MR) is 94.6 cm³/mol. The van der Waals surface area contributed by atoms with Crippen LogP contribution in [0.2, 0.25) is 0 Å². The Morgan fingerprint density at radius 1 is 1.12 bits per heavy atom. The summed E-state index contributed by atoms with van der Waals surface area (Å²) in [5.41, 5.74) is 0.493. The van der Waals surface area contributed by atoms with Crippen molar-refractivity contribution in [1.29, 1.82) is 0 Å². The van der Waals surface area contributed by atoms with Gasteiger partial charge < -0.3 is 29.3 Å². The first-order chi connectivity index (χ1) is 12.6. The smallest absolute Gasteiger partial charge is 0.257 e. The van der Waals surface area contributed by atoms with Crippen LogP contribution in [0.5, 0.6) is 11.5 Å². The van der Waals surface area contributed by atoms with Crippen molar-refractivity contribution in [2.45, 2.75) is 6.10 Å². The molecular formula is C18H25N3O5. The van der Waals surface area contributed by atoms with Gasteiger partial charge in [-0.15, -0.1) is 0 Å².